The highest BCUT2D eigenvalue weighted by Crippen LogP contribution is 2.40. The van der Waals surface area contributed by atoms with E-state index in [0.29, 0.717) is 12.0 Å². The van der Waals surface area contributed by atoms with Gasteiger partial charge in [-0.1, -0.05) is 12.1 Å². The summed E-state index contributed by atoms with van der Waals surface area (Å²) >= 11 is 0. The Morgan fingerprint density at radius 3 is 3.24 bits per heavy atom. The fourth-order valence-electron chi connectivity index (χ4n) is 3.62. The number of piperidine rings is 1. The molecule has 17 heavy (non-hydrogen) atoms. The molecule has 1 saturated heterocycles. The van der Waals surface area contributed by atoms with Gasteiger partial charge in [-0.3, -0.25) is 0 Å². The van der Waals surface area contributed by atoms with Crippen LogP contribution in [-0.2, 0) is 6.42 Å². The van der Waals surface area contributed by atoms with Crippen LogP contribution in [0.3, 0.4) is 0 Å². The lowest BCUT2D eigenvalue weighted by molar-refractivity contribution is 0.199. The van der Waals surface area contributed by atoms with Crippen molar-refractivity contribution in [2.75, 3.05) is 6.54 Å². The smallest absolute Gasteiger partial charge is 0.0871 e. The number of rotatable bonds is 0. The van der Waals surface area contributed by atoms with Crippen molar-refractivity contribution in [3.63, 3.8) is 0 Å². The minimum Gasteiger partial charge on any atom is -0.428 e. The number of nitrogens with zero attached hydrogens (tertiary/aromatic N) is 1. The van der Waals surface area contributed by atoms with Crippen LogP contribution in [0.25, 0.3) is 10.9 Å². The van der Waals surface area contributed by atoms with E-state index in [1.165, 1.54) is 34.1 Å². The third-order valence-corrected chi connectivity index (χ3v) is 4.34. The highest BCUT2D eigenvalue weighted by atomic mass is 16.5. The summed E-state index contributed by atoms with van der Waals surface area (Å²) < 4.78 is 1.28. The summed E-state index contributed by atoms with van der Waals surface area (Å²) in [4.78, 5) is 0. The van der Waals surface area contributed by atoms with Gasteiger partial charge in [-0.2, -0.15) is 4.73 Å². The lowest BCUT2D eigenvalue weighted by Gasteiger charge is -2.36. The fourth-order valence-corrected chi connectivity index (χ4v) is 3.62. The Hall–Kier alpha value is -1.48. The summed E-state index contributed by atoms with van der Waals surface area (Å²) in [5.41, 5.74) is 3.67. The maximum absolute atomic E-state index is 9.91. The normalized spacial score (nSPS) is 27.1. The van der Waals surface area contributed by atoms with E-state index in [1.54, 1.807) is 0 Å². The second-order valence-electron chi connectivity index (χ2n) is 5.25. The second kappa shape index (κ2) is 3.26. The van der Waals surface area contributed by atoms with Crippen LogP contribution >= 0.6 is 0 Å². The zero-order valence-electron chi connectivity index (χ0n) is 9.69. The molecule has 2 aromatic rings. The summed E-state index contributed by atoms with van der Waals surface area (Å²) in [6.45, 7) is 1.13. The average Bonchev–Trinajstić information content (AvgIpc) is 2.68. The lowest BCUT2D eigenvalue weighted by Crippen LogP contribution is -2.43. The molecule has 0 bridgehead atoms. The van der Waals surface area contributed by atoms with Gasteiger partial charge < -0.3 is 10.5 Å². The fraction of sp³-hybridized carbons (Fsp3) is 0.429. The van der Waals surface area contributed by atoms with Gasteiger partial charge in [0.15, 0.2) is 0 Å². The molecule has 1 aromatic heterocycles. The lowest BCUT2D eigenvalue weighted by atomic mass is 9.76. The molecule has 1 fully saturated rings. The topological polar surface area (TPSA) is 37.2 Å². The van der Waals surface area contributed by atoms with Gasteiger partial charge in [0.05, 0.1) is 5.52 Å². The number of hydrogen-bond acceptors (Lipinski definition) is 2. The molecule has 2 aliphatic rings. The molecule has 1 aromatic carbocycles. The average molecular weight is 228 g/mol. The number of fused-ring (bicyclic) bond motifs is 2. The van der Waals surface area contributed by atoms with E-state index in [4.69, 9.17) is 0 Å². The van der Waals surface area contributed by atoms with Crippen molar-refractivity contribution in [2.45, 2.75) is 31.2 Å². The first-order chi connectivity index (χ1) is 8.34. The zero-order valence-corrected chi connectivity index (χ0v) is 9.69. The van der Waals surface area contributed by atoms with Gasteiger partial charge >= 0.3 is 0 Å². The van der Waals surface area contributed by atoms with Crippen LogP contribution in [-0.4, -0.2) is 22.5 Å². The Morgan fingerprint density at radius 2 is 2.29 bits per heavy atom. The molecule has 0 amide bonds. The van der Waals surface area contributed by atoms with Crippen LogP contribution in [0.1, 0.15) is 29.9 Å². The van der Waals surface area contributed by atoms with Gasteiger partial charge in [-0.15, -0.1) is 0 Å². The number of aromatic nitrogens is 1. The van der Waals surface area contributed by atoms with Crippen molar-refractivity contribution in [3.8, 4) is 0 Å². The summed E-state index contributed by atoms with van der Waals surface area (Å²) in [6, 6.07) is 6.85. The molecular weight excluding hydrogens is 212 g/mol. The molecule has 2 atom stereocenters. The molecule has 1 aliphatic heterocycles. The summed E-state index contributed by atoms with van der Waals surface area (Å²) in [5, 5.41) is 14.8. The Balaban J connectivity index is 2.00. The summed E-state index contributed by atoms with van der Waals surface area (Å²) in [5.74, 6) is 0.627. The molecule has 88 valence electrons. The Labute approximate surface area is 100 Å². The Morgan fingerprint density at radius 1 is 1.35 bits per heavy atom. The Kier molecular flexibility index (Phi) is 1.83. The van der Waals surface area contributed by atoms with Crippen LogP contribution in [0.2, 0.25) is 0 Å². The molecule has 2 unspecified atom stereocenters. The minimum absolute atomic E-state index is 0.559. The molecule has 3 nitrogen and oxygen atoms in total. The minimum atomic E-state index is 0.559. The van der Waals surface area contributed by atoms with E-state index in [1.807, 2.05) is 12.3 Å². The van der Waals surface area contributed by atoms with E-state index in [-0.39, 0.29) is 0 Å². The summed E-state index contributed by atoms with van der Waals surface area (Å²) in [6.07, 6.45) is 5.45. The van der Waals surface area contributed by atoms with Crippen molar-refractivity contribution in [1.82, 2.24) is 10.0 Å². The molecule has 0 radical (unpaired) electrons. The van der Waals surface area contributed by atoms with Crippen molar-refractivity contribution in [1.29, 1.82) is 0 Å². The summed E-state index contributed by atoms with van der Waals surface area (Å²) in [7, 11) is 0. The Bertz CT molecular complexity index is 587. The van der Waals surface area contributed by atoms with E-state index in [9.17, 15) is 5.21 Å². The number of nitrogens with one attached hydrogen (secondary N) is 1. The van der Waals surface area contributed by atoms with Crippen molar-refractivity contribution in [2.24, 2.45) is 0 Å². The molecular formula is C14H16N2O. The third-order valence-electron chi connectivity index (χ3n) is 4.34. The first kappa shape index (κ1) is 9.54. The SMILES string of the molecule is On1cc2c3c(cccc31)C1CCCNC1C2. The van der Waals surface area contributed by atoms with Gasteiger partial charge in [0.2, 0.25) is 0 Å². The van der Waals surface area contributed by atoms with E-state index < -0.39 is 0 Å². The molecule has 2 heterocycles. The standard InChI is InChI=1S/C14H16N2O/c17-16-8-9-7-12-10(4-2-6-15-12)11-3-1-5-13(16)14(9)11/h1,3,5,8,10,12,15,17H,2,4,6-7H2. The molecule has 2 N–H and O–H groups in total. The van der Waals surface area contributed by atoms with Gasteiger partial charge in [0, 0.05) is 23.5 Å². The van der Waals surface area contributed by atoms with Crippen molar-refractivity contribution >= 4 is 10.9 Å². The first-order valence-corrected chi connectivity index (χ1v) is 6.40. The first-order valence-electron chi connectivity index (χ1n) is 6.40. The third kappa shape index (κ3) is 1.20. The van der Waals surface area contributed by atoms with Gasteiger partial charge in [0.1, 0.15) is 0 Å². The maximum atomic E-state index is 9.91. The van der Waals surface area contributed by atoms with E-state index in [2.05, 4.69) is 17.4 Å². The van der Waals surface area contributed by atoms with Crippen LogP contribution in [0.15, 0.2) is 24.4 Å². The number of hydrogen-bond donors (Lipinski definition) is 2. The highest BCUT2D eigenvalue weighted by Gasteiger charge is 2.33. The largest absolute Gasteiger partial charge is 0.428 e. The van der Waals surface area contributed by atoms with Gasteiger partial charge in [-0.05, 0) is 43.0 Å². The van der Waals surface area contributed by atoms with Gasteiger partial charge in [0.25, 0.3) is 0 Å². The molecule has 0 saturated carbocycles. The zero-order chi connectivity index (χ0) is 11.4. The molecule has 1 aliphatic carbocycles. The van der Waals surface area contributed by atoms with Crippen LogP contribution < -0.4 is 5.32 Å². The van der Waals surface area contributed by atoms with Crippen LogP contribution in [0.5, 0.6) is 0 Å². The highest BCUT2D eigenvalue weighted by molar-refractivity contribution is 5.88. The van der Waals surface area contributed by atoms with E-state index in [0.717, 1.165) is 18.5 Å². The molecule has 3 heteroatoms. The van der Waals surface area contributed by atoms with Crippen LogP contribution in [0.4, 0.5) is 0 Å². The van der Waals surface area contributed by atoms with Crippen LogP contribution in [0, 0.1) is 0 Å². The molecule has 4 rings (SSSR count). The van der Waals surface area contributed by atoms with E-state index >= 15 is 0 Å². The quantitative estimate of drug-likeness (QED) is 0.679. The monoisotopic (exact) mass is 228 g/mol. The second-order valence-corrected chi connectivity index (χ2v) is 5.25. The molecule has 0 spiro atoms. The predicted molar refractivity (Wildman–Crippen MR) is 66.6 cm³/mol. The van der Waals surface area contributed by atoms with Crippen molar-refractivity contribution < 1.29 is 5.21 Å². The number of benzene rings is 1. The van der Waals surface area contributed by atoms with Crippen molar-refractivity contribution in [3.05, 3.63) is 35.5 Å². The maximum Gasteiger partial charge on any atom is 0.0871 e. The van der Waals surface area contributed by atoms with Gasteiger partial charge in [-0.25, -0.2) is 0 Å². The predicted octanol–water partition coefficient (Wildman–Crippen LogP) is 2.27.